The smallest absolute Gasteiger partial charge is 0.128 e. The molecular formula is C13H15N3. The lowest BCUT2D eigenvalue weighted by Gasteiger charge is -2.05. The molecule has 16 heavy (non-hydrogen) atoms. The minimum absolute atomic E-state index is 0.546. The zero-order valence-corrected chi connectivity index (χ0v) is 9.06. The Kier molecular flexibility index (Phi) is 3.38. The Labute approximate surface area is 95.3 Å². The van der Waals surface area contributed by atoms with E-state index in [1.165, 1.54) is 5.56 Å². The number of pyridine rings is 1. The van der Waals surface area contributed by atoms with Crippen LogP contribution in [-0.4, -0.2) is 11.5 Å². The number of nitrogens with two attached hydrogens (primary N) is 1. The van der Waals surface area contributed by atoms with Crippen molar-refractivity contribution in [2.45, 2.75) is 6.42 Å². The number of benzene rings is 1. The fraction of sp³-hybridized carbons (Fsp3) is 0.154. The van der Waals surface area contributed by atoms with Gasteiger partial charge < -0.3 is 11.1 Å². The van der Waals surface area contributed by atoms with Gasteiger partial charge in [0.2, 0.25) is 0 Å². The molecule has 0 aliphatic heterocycles. The highest BCUT2D eigenvalue weighted by Crippen LogP contribution is 2.06. The molecule has 0 saturated carbocycles. The number of aromatic nitrogens is 1. The standard InChI is InChI=1S/C13H15N3/c14-12-7-4-8-13(16-12)15-10-9-11-5-2-1-3-6-11/h1-8H,9-10H2,(H3,14,15,16). The maximum absolute atomic E-state index is 5.59. The predicted molar refractivity (Wildman–Crippen MR) is 67.3 cm³/mol. The van der Waals surface area contributed by atoms with Crippen LogP contribution >= 0.6 is 0 Å². The van der Waals surface area contributed by atoms with Gasteiger partial charge in [0, 0.05) is 6.54 Å². The number of rotatable bonds is 4. The van der Waals surface area contributed by atoms with Crippen LogP contribution in [0.2, 0.25) is 0 Å². The van der Waals surface area contributed by atoms with Gasteiger partial charge in [-0.1, -0.05) is 36.4 Å². The van der Waals surface area contributed by atoms with Crippen molar-refractivity contribution in [2.24, 2.45) is 0 Å². The van der Waals surface area contributed by atoms with Crippen LogP contribution < -0.4 is 11.1 Å². The van der Waals surface area contributed by atoms with Crippen LogP contribution in [0.25, 0.3) is 0 Å². The number of hydrogen-bond acceptors (Lipinski definition) is 3. The second-order valence-electron chi connectivity index (χ2n) is 3.61. The molecule has 3 nitrogen and oxygen atoms in total. The highest BCUT2D eigenvalue weighted by molar-refractivity contribution is 5.42. The molecule has 0 aliphatic rings. The summed E-state index contributed by atoms with van der Waals surface area (Å²) in [7, 11) is 0. The van der Waals surface area contributed by atoms with Crippen molar-refractivity contribution < 1.29 is 0 Å². The highest BCUT2D eigenvalue weighted by Gasteiger charge is 1.94. The summed E-state index contributed by atoms with van der Waals surface area (Å²) in [5.74, 6) is 1.38. The van der Waals surface area contributed by atoms with Crippen LogP contribution in [-0.2, 0) is 6.42 Å². The quantitative estimate of drug-likeness (QED) is 0.819. The summed E-state index contributed by atoms with van der Waals surface area (Å²) >= 11 is 0. The second-order valence-corrected chi connectivity index (χ2v) is 3.61. The van der Waals surface area contributed by atoms with E-state index < -0.39 is 0 Å². The van der Waals surface area contributed by atoms with Crippen molar-refractivity contribution in [1.29, 1.82) is 0 Å². The molecule has 1 aromatic carbocycles. The van der Waals surface area contributed by atoms with Gasteiger partial charge in [0.05, 0.1) is 0 Å². The van der Waals surface area contributed by atoms with Crippen LogP contribution in [0.5, 0.6) is 0 Å². The Balaban J connectivity index is 1.85. The van der Waals surface area contributed by atoms with Gasteiger partial charge in [-0.15, -0.1) is 0 Å². The largest absolute Gasteiger partial charge is 0.384 e. The van der Waals surface area contributed by atoms with E-state index in [0.717, 1.165) is 18.8 Å². The first-order chi connectivity index (χ1) is 7.84. The van der Waals surface area contributed by atoms with E-state index in [4.69, 9.17) is 5.73 Å². The number of hydrogen-bond donors (Lipinski definition) is 2. The molecular weight excluding hydrogens is 198 g/mol. The summed E-state index contributed by atoms with van der Waals surface area (Å²) in [6, 6.07) is 16.0. The van der Waals surface area contributed by atoms with Gasteiger partial charge in [0.25, 0.3) is 0 Å². The van der Waals surface area contributed by atoms with Gasteiger partial charge in [-0.2, -0.15) is 0 Å². The lowest BCUT2D eigenvalue weighted by molar-refractivity contribution is 1.01. The molecule has 1 heterocycles. The van der Waals surface area contributed by atoms with Crippen molar-refractivity contribution >= 4 is 11.6 Å². The third-order valence-electron chi connectivity index (χ3n) is 2.33. The molecule has 0 bridgehead atoms. The Hall–Kier alpha value is -2.03. The van der Waals surface area contributed by atoms with Crippen molar-refractivity contribution in [2.75, 3.05) is 17.6 Å². The maximum Gasteiger partial charge on any atom is 0.128 e. The van der Waals surface area contributed by atoms with E-state index in [9.17, 15) is 0 Å². The molecule has 0 fully saturated rings. The third-order valence-corrected chi connectivity index (χ3v) is 2.33. The van der Waals surface area contributed by atoms with E-state index in [1.54, 1.807) is 6.07 Å². The minimum atomic E-state index is 0.546. The Morgan fingerprint density at radius 3 is 2.56 bits per heavy atom. The number of anilines is 2. The summed E-state index contributed by atoms with van der Waals surface area (Å²) in [4.78, 5) is 4.17. The molecule has 3 N–H and O–H groups in total. The zero-order valence-electron chi connectivity index (χ0n) is 9.06. The van der Waals surface area contributed by atoms with E-state index in [0.29, 0.717) is 5.82 Å². The predicted octanol–water partition coefficient (Wildman–Crippen LogP) is 2.32. The van der Waals surface area contributed by atoms with E-state index in [-0.39, 0.29) is 0 Å². The molecule has 0 atom stereocenters. The van der Waals surface area contributed by atoms with Crippen molar-refractivity contribution in [3.63, 3.8) is 0 Å². The first kappa shape index (κ1) is 10.5. The number of nitrogen functional groups attached to an aromatic ring is 1. The van der Waals surface area contributed by atoms with Crippen molar-refractivity contribution in [3.05, 3.63) is 54.1 Å². The molecule has 0 spiro atoms. The summed E-state index contributed by atoms with van der Waals surface area (Å²) in [5.41, 5.74) is 6.91. The van der Waals surface area contributed by atoms with Crippen molar-refractivity contribution in [3.8, 4) is 0 Å². The average Bonchev–Trinajstić information content (AvgIpc) is 2.30. The summed E-state index contributed by atoms with van der Waals surface area (Å²) in [5, 5.41) is 3.24. The first-order valence-corrected chi connectivity index (χ1v) is 5.35. The summed E-state index contributed by atoms with van der Waals surface area (Å²) < 4.78 is 0. The molecule has 3 heteroatoms. The van der Waals surface area contributed by atoms with Crippen LogP contribution in [0.1, 0.15) is 5.56 Å². The number of nitrogens with zero attached hydrogens (tertiary/aromatic N) is 1. The fourth-order valence-corrected chi connectivity index (χ4v) is 1.53. The molecule has 1 aromatic heterocycles. The van der Waals surface area contributed by atoms with Gasteiger partial charge >= 0.3 is 0 Å². The number of nitrogens with one attached hydrogen (secondary N) is 1. The molecule has 2 rings (SSSR count). The lowest BCUT2D eigenvalue weighted by atomic mass is 10.1. The van der Waals surface area contributed by atoms with E-state index in [1.807, 2.05) is 30.3 Å². The molecule has 0 radical (unpaired) electrons. The topological polar surface area (TPSA) is 50.9 Å². The molecule has 0 saturated heterocycles. The maximum atomic E-state index is 5.59. The fourth-order valence-electron chi connectivity index (χ4n) is 1.53. The molecule has 0 unspecified atom stereocenters. The average molecular weight is 213 g/mol. The summed E-state index contributed by atoms with van der Waals surface area (Å²) in [6.45, 7) is 0.862. The van der Waals surface area contributed by atoms with Gasteiger partial charge in [0.1, 0.15) is 11.6 Å². The van der Waals surface area contributed by atoms with Gasteiger partial charge in [-0.05, 0) is 24.1 Å². The van der Waals surface area contributed by atoms with Crippen LogP contribution in [0, 0.1) is 0 Å². The molecule has 0 amide bonds. The van der Waals surface area contributed by atoms with Crippen LogP contribution in [0.3, 0.4) is 0 Å². The third kappa shape index (κ3) is 2.98. The first-order valence-electron chi connectivity index (χ1n) is 5.35. The minimum Gasteiger partial charge on any atom is -0.384 e. The Morgan fingerprint density at radius 1 is 1.00 bits per heavy atom. The summed E-state index contributed by atoms with van der Waals surface area (Å²) in [6.07, 6.45) is 0.983. The highest BCUT2D eigenvalue weighted by atomic mass is 15.0. The lowest BCUT2D eigenvalue weighted by Crippen LogP contribution is -2.06. The van der Waals surface area contributed by atoms with E-state index >= 15 is 0 Å². The normalized spacial score (nSPS) is 10.0. The van der Waals surface area contributed by atoms with Gasteiger partial charge in [-0.3, -0.25) is 0 Å². The Bertz CT molecular complexity index is 440. The SMILES string of the molecule is Nc1cccc(NCCc2ccccc2)n1. The van der Waals surface area contributed by atoms with Gasteiger partial charge in [-0.25, -0.2) is 4.98 Å². The van der Waals surface area contributed by atoms with Crippen LogP contribution in [0.4, 0.5) is 11.6 Å². The molecule has 0 aliphatic carbocycles. The second kappa shape index (κ2) is 5.16. The Morgan fingerprint density at radius 2 is 1.81 bits per heavy atom. The van der Waals surface area contributed by atoms with Crippen molar-refractivity contribution in [1.82, 2.24) is 4.98 Å². The zero-order chi connectivity index (χ0) is 11.2. The molecule has 2 aromatic rings. The monoisotopic (exact) mass is 213 g/mol. The van der Waals surface area contributed by atoms with Crippen LogP contribution in [0.15, 0.2) is 48.5 Å². The van der Waals surface area contributed by atoms with Gasteiger partial charge in [0.15, 0.2) is 0 Å². The van der Waals surface area contributed by atoms with E-state index in [2.05, 4.69) is 22.4 Å². The molecule has 82 valence electrons.